The predicted octanol–water partition coefficient (Wildman–Crippen LogP) is 0.212. The van der Waals surface area contributed by atoms with E-state index in [1.54, 1.807) is 4.90 Å². The maximum Gasteiger partial charge on any atom is 0.407 e. The molecule has 3 aliphatic heterocycles. The van der Waals surface area contributed by atoms with Crippen molar-refractivity contribution in [2.45, 2.75) is 31.0 Å². The molecule has 15 heavy (non-hydrogen) atoms. The van der Waals surface area contributed by atoms with Crippen LogP contribution >= 0.6 is 0 Å². The fraction of sp³-hybridized carbons (Fsp3) is 0.900. The summed E-state index contributed by atoms with van der Waals surface area (Å²) >= 11 is 0. The lowest BCUT2D eigenvalue weighted by Gasteiger charge is -2.50. The molecule has 0 spiro atoms. The maximum atomic E-state index is 10.9. The minimum absolute atomic E-state index is 0.171. The van der Waals surface area contributed by atoms with Gasteiger partial charge in [-0.1, -0.05) is 0 Å². The van der Waals surface area contributed by atoms with Crippen LogP contribution in [0.3, 0.4) is 0 Å². The molecule has 5 nitrogen and oxygen atoms in total. The lowest BCUT2D eigenvalue weighted by Crippen LogP contribution is -2.65. The molecule has 3 heterocycles. The van der Waals surface area contributed by atoms with Crippen LogP contribution in [0.2, 0.25) is 0 Å². The Morgan fingerprint density at radius 2 is 2.13 bits per heavy atom. The summed E-state index contributed by atoms with van der Waals surface area (Å²) in [6.07, 6.45) is 0.235. The summed E-state index contributed by atoms with van der Waals surface area (Å²) < 4.78 is 5.26. The predicted molar refractivity (Wildman–Crippen MR) is 52.9 cm³/mol. The van der Waals surface area contributed by atoms with E-state index in [2.05, 4.69) is 11.8 Å². The largest absolute Gasteiger partial charge is 0.465 e. The topological polar surface area (TPSA) is 53.0 Å². The highest BCUT2D eigenvalue weighted by Crippen LogP contribution is 2.38. The van der Waals surface area contributed by atoms with Crippen LogP contribution in [0.1, 0.15) is 13.3 Å². The second-order valence-corrected chi connectivity index (χ2v) is 5.12. The minimum atomic E-state index is -0.767. The Bertz CT molecular complexity index is 303. The molecule has 0 aromatic heterocycles. The third-order valence-electron chi connectivity index (χ3n) is 4.01. The summed E-state index contributed by atoms with van der Waals surface area (Å²) in [5.74, 6) is 0. The van der Waals surface area contributed by atoms with Crippen molar-refractivity contribution < 1.29 is 14.6 Å². The summed E-state index contributed by atoms with van der Waals surface area (Å²) in [7, 11) is 0. The number of ether oxygens (including phenoxy) is 1. The molecule has 3 saturated heterocycles. The lowest BCUT2D eigenvalue weighted by molar-refractivity contribution is -0.141. The number of hydrogen-bond donors (Lipinski definition) is 1. The number of carboxylic acid groups (broad SMARTS) is 1. The van der Waals surface area contributed by atoms with Gasteiger partial charge < -0.3 is 14.7 Å². The molecule has 0 aromatic carbocycles. The van der Waals surface area contributed by atoms with Crippen LogP contribution in [0.5, 0.6) is 0 Å². The van der Waals surface area contributed by atoms with Gasteiger partial charge >= 0.3 is 6.09 Å². The van der Waals surface area contributed by atoms with Gasteiger partial charge in [0.1, 0.15) is 0 Å². The zero-order chi connectivity index (χ0) is 10.6. The van der Waals surface area contributed by atoms with Gasteiger partial charge in [-0.2, -0.15) is 0 Å². The van der Waals surface area contributed by atoms with Crippen molar-refractivity contribution in [1.29, 1.82) is 0 Å². The van der Waals surface area contributed by atoms with Crippen LogP contribution in [-0.4, -0.2) is 64.9 Å². The Kier molecular flexibility index (Phi) is 1.79. The molecule has 0 radical (unpaired) electrons. The molecular weight excluding hydrogens is 196 g/mol. The van der Waals surface area contributed by atoms with E-state index in [1.807, 2.05) is 0 Å². The zero-order valence-electron chi connectivity index (χ0n) is 8.85. The first-order valence-corrected chi connectivity index (χ1v) is 5.44. The van der Waals surface area contributed by atoms with Crippen LogP contribution in [-0.2, 0) is 4.74 Å². The van der Waals surface area contributed by atoms with Crippen LogP contribution in [0.15, 0.2) is 0 Å². The highest BCUT2D eigenvalue weighted by molar-refractivity contribution is 5.66. The number of rotatable bonds is 1. The van der Waals surface area contributed by atoms with Crippen molar-refractivity contribution in [3.63, 3.8) is 0 Å². The molecule has 3 aliphatic rings. The Hall–Kier alpha value is -0.810. The second kappa shape index (κ2) is 2.86. The van der Waals surface area contributed by atoms with Gasteiger partial charge in [0.2, 0.25) is 0 Å². The first-order valence-electron chi connectivity index (χ1n) is 5.44. The highest BCUT2D eigenvalue weighted by Gasteiger charge is 2.53. The van der Waals surface area contributed by atoms with Crippen LogP contribution in [0.25, 0.3) is 0 Å². The van der Waals surface area contributed by atoms with Crippen LogP contribution in [0, 0.1) is 0 Å². The van der Waals surface area contributed by atoms with E-state index in [0.717, 1.165) is 26.2 Å². The van der Waals surface area contributed by atoms with E-state index in [0.29, 0.717) is 12.6 Å². The molecule has 0 aromatic rings. The molecule has 0 unspecified atom stereocenters. The van der Waals surface area contributed by atoms with Gasteiger partial charge in [0.25, 0.3) is 0 Å². The summed E-state index contributed by atoms with van der Waals surface area (Å²) in [5.41, 5.74) is 0.171. The minimum Gasteiger partial charge on any atom is -0.465 e. The summed E-state index contributed by atoms with van der Waals surface area (Å²) in [4.78, 5) is 14.9. The van der Waals surface area contributed by atoms with Gasteiger partial charge in [-0.25, -0.2) is 4.79 Å². The summed E-state index contributed by atoms with van der Waals surface area (Å²) in [6, 6.07) is 0.630. The van der Waals surface area contributed by atoms with Crippen molar-refractivity contribution in [3.05, 3.63) is 0 Å². The van der Waals surface area contributed by atoms with E-state index >= 15 is 0 Å². The number of fused-ring (bicyclic) bond motifs is 2. The molecule has 5 heteroatoms. The lowest BCUT2D eigenvalue weighted by atomic mass is 9.96. The first-order chi connectivity index (χ1) is 7.10. The number of amides is 1. The van der Waals surface area contributed by atoms with Crippen LogP contribution in [0.4, 0.5) is 4.79 Å². The van der Waals surface area contributed by atoms with Crippen molar-refractivity contribution >= 4 is 6.09 Å². The average molecular weight is 212 g/mol. The average Bonchev–Trinajstić information content (AvgIpc) is 2.72. The SMILES string of the molecule is CC1(N2C[C@@H]3C[C@H]2CN3C(=O)O)COC1. The molecule has 2 atom stereocenters. The van der Waals surface area contributed by atoms with E-state index in [4.69, 9.17) is 9.84 Å². The van der Waals surface area contributed by atoms with Crippen LogP contribution < -0.4 is 0 Å². The quantitative estimate of drug-likeness (QED) is 0.675. The van der Waals surface area contributed by atoms with Gasteiger partial charge in [-0.3, -0.25) is 4.90 Å². The highest BCUT2D eigenvalue weighted by atomic mass is 16.5. The van der Waals surface area contributed by atoms with E-state index < -0.39 is 6.09 Å². The third kappa shape index (κ3) is 1.19. The number of carbonyl (C=O) groups is 1. The second-order valence-electron chi connectivity index (χ2n) is 5.12. The first kappa shape index (κ1) is 9.42. The van der Waals surface area contributed by atoms with Gasteiger partial charge in [-0.15, -0.1) is 0 Å². The molecule has 84 valence electrons. The standard InChI is InChI=1S/C10H16N2O3/c1-10(5-15-6-10)12-4-7-2-8(12)3-11(7)9(13)14/h7-8H,2-6H2,1H3,(H,13,14)/t7-,8-/m0/s1. The molecule has 2 bridgehead atoms. The Morgan fingerprint density at radius 1 is 1.40 bits per heavy atom. The van der Waals surface area contributed by atoms with Crippen molar-refractivity contribution in [1.82, 2.24) is 9.80 Å². The summed E-state index contributed by atoms with van der Waals surface area (Å²) in [5, 5.41) is 8.98. The monoisotopic (exact) mass is 212 g/mol. The zero-order valence-corrected chi connectivity index (χ0v) is 8.85. The summed E-state index contributed by atoms with van der Waals surface area (Å²) in [6.45, 7) is 5.36. The van der Waals surface area contributed by atoms with Crippen molar-refractivity contribution in [2.75, 3.05) is 26.3 Å². The van der Waals surface area contributed by atoms with E-state index in [9.17, 15) is 4.79 Å². The Labute approximate surface area is 88.6 Å². The number of piperazine rings is 1. The number of likely N-dealkylation sites (tertiary alicyclic amines) is 2. The Balaban J connectivity index is 1.72. The molecule has 0 saturated carbocycles. The van der Waals surface area contributed by atoms with E-state index in [1.165, 1.54) is 0 Å². The molecule has 1 N–H and O–H groups in total. The number of nitrogens with zero attached hydrogens (tertiary/aromatic N) is 2. The maximum absolute atomic E-state index is 10.9. The van der Waals surface area contributed by atoms with Gasteiger partial charge in [-0.05, 0) is 13.3 Å². The van der Waals surface area contributed by atoms with E-state index in [-0.39, 0.29) is 11.6 Å². The van der Waals surface area contributed by atoms with Gasteiger partial charge in [0.05, 0.1) is 18.8 Å². The smallest absolute Gasteiger partial charge is 0.407 e. The third-order valence-corrected chi connectivity index (χ3v) is 4.01. The molecule has 3 fully saturated rings. The van der Waals surface area contributed by atoms with Gasteiger partial charge in [0, 0.05) is 25.2 Å². The van der Waals surface area contributed by atoms with Crippen molar-refractivity contribution in [3.8, 4) is 0 Å². The fourth-order valence-electron chi connectivity index (χ4n) is 3.13. The molecule has 0 aliphatic carbocycles. The number of hydrogen-bond acceptors (Lipinski definition) is 3. The fourth-order valence-corrected chi connectivity index (χ4v) is 3.13. The van der Waals surface area contributed by atoms with Gasteiger partial charge in [0.15, 0.2) is 0 Å². The normalized spacial score (nSPS) is 38.1. The van der Waals surface area contributed by atoms with Crippen molar-refractivity contribution in [2.24, 2.45) is 0 Å². The molecular formula is C10H16N2O3. The molecule has 3 rings (SSSR count). The molecule has 1 amide bonds. The Morgan fingerprint density at radius 3 is 2.53 bits per heavy atom.